The molecule has 1 fully saturated rings. The molecule has 1 rings (SSSR count). The molecule has 1 aliphatic heterocycles. The summed E-state index contributed by atoms with van der Waals surface area (Å²) in [7, 11) is 0. The number of rotatable bonds is 76. The summed E-state index contributed by atoms with van der Waals surface area (Å²) in [5.74, 6) is -0.159. The number of esters is 1. The summed E-state index contributed by atoms with van der Waals surface area (Å²) in [6, 6.07) is -0.806. The van der Waals surface area contributed by atoms with Crippen LogP contribution in [-0.4, -0.2) is 100 Å². The molecule has 7 unspecified atom stereocenters. The van der Waals surface area contributed by atoms with Gasteiger partial charge in [-0.3, -0.25) is 9.59 Å². The molecular weight excluding hydrogens is 1190 g/mol. The van der Waals surface area contributed by atoms with Gasteiger partial charge in [0.05, 0.1) is 32.0 Å². The molecule has 96 heavy (non-hydrogen) atoms. The van der Waals surface area contributed by atoms with E-state index in [1.54, 1.807) is 6.08 Å². The zero-order valence-corrected chi connectivity index (χ0v) is 63.4. The Hall–Kier alpha value is -2.12. The number of amides is 1. The summed E-state index contributed by atoms with van der Waals surface area (Å²) in [4.78, 5) is 25.2. The number of hydrogen-bond donors (Lipinski definition) is 6. The molecule has 566 valence electrons. The average molecular weight is 1360 g/mol. The van der Waals surface area contributed by atoms with Crippen LogP contribution in [0.1, 0.15) is 431 Å². The van der Waals surface area contributed by atoms with E-state index in [0.29, 0.717) is 19.4 Å². The van der Waals surface area contributed by atoms with Crippen LogP contribution < -0.4 is 5.32 Å². The first-order valence-corrected chi connectivity index (χ1v) is 42.3. The number of aliphatic hydroxyl groups is 5. The first-order chi connectivity index (χ1) is 47.2. The lowest BCUT2D eigenvalue weighted by Gasteiger charge is -2.40. The standard InChI is InChI=1S/C85H161NO10/c1-3-5-7-9-11-13-15-16-17-18-40-44-47-50-53-57-61-65-69-73-81(90)94-74-70-66-62-58-54-51-48-45-42-39-37-35-33-31-29-27-25-23-21-19-20-22-24-26-28-30-32-34-36-38-41-43-46-49-52-56-60-64-68-72-80(89)86-77(76-95-85-84(93)83(92)82(91)79(75-87)96-85)78(88)71-67-63-59-55-14-12-10-8-6-4-2/h16-17,19-20,67,71,77-79,82-85,87-88,91-93H,3-15,18,21-66,68-70,72-76H2,1-2H3,(H,86,89)/b17-16-,20-19-,71-67+. The third-order valence-electron chi connectivity index (χ3n) is 20.2. The van der Waals surface area contributed by atoms with E-state index in [4.69, 9.17) is 14.2 Å². The van der Waals surface area contributed by atoms with Gasteiger partial charge in [0.15, 0.2) is 6.29 Å². The smallest absolute Gasteiger partial charge is 0.305 e. The molecule has 0 aromatic carbocycles. The van der Waals surface area contributed by atoms with Crippen LogP contribution >= 0.6 is 0 Å². The fourth-order valence-corrected chi connectivity index (χ4v) is 13.6. The monoisotopic (exact) mass is 1360 g/mol. The molecule has 7 atom stereocenters. The van der Waals surface area contributed by atoms with E-state index in [9.17, 15) is 35.1 Å². The maximum absolute atomic E-state index is 13.1. The Balaban J connectivity index is 1.84. The van der Waals surface area contributed by atoms with Crippen LogP contribution in [-0.2, 0) is 23.8 Å². The fourth-order valence-electron chi connectivity index (χ4n) is 13.6. The third kappa shape index (κ3) is 61.7. The number of carbonyl (C=O) groups excluding carboxylic acids is 2. The van der Waals surface area contributed by atoms with Gasteiger partial charge in [-0.25, -0.2) is 0 Å². The lowest BCUT2D eigenvalue weighted by Crippen LogP contribution is -2.60. The quantitative estimate of drug-likeness (QED) is 0.0195. The van der Waals surface area contributed by atoms with Crippen molar-refractivity contribution >= 4 is 11.9 Å². The molecule has 0 spiro atoms. The van der Waals surface area contributed by atoms with Gasteiger partial charge in [0.1, 0.15) is 24.4 Å². The highest BCUT2D eigenvalue weighted by Gasteiger charge is 2.44. The Morgan fingerprint density at radius 1 is 0.375 bits per heavy atom. The fraction of sp³-hybridized carbons (Fsp3) is 0.906. The Morgan fingerprint density at radius 3 is 1.00 bits per heavy atom. The van der Waals surface area contributed by atoms with E-state index in [-0.39, 0.29) is 18.5 Å². The van der Waals surface area contributed by atoms with Gasteiger partial charge >= 0.3 is 5.97 Å². The maximum Gasteiger partial charge on any atom is 0.305 e. The van der Waals surface area contributed by atoms with Crippen molar-refractivity contribution in [2.45, 2.75) is 474 Å². The topological polar surface area (TPSA) is 175 Å². The molecule has 1 amide bonds. The second kappa shape index (κ2) is 74.1. The van der Waals surface area contributed by atoms with Gasteiger partial charge in [-0.1, -0.05) is 371 Å². The normalized spacial score (nSPS) is 17.4. The average Bonchev–Trinajstić information content (AvgIpc) is 0.836. The number of aliphatic hydroxyl groups excluding tert-OH is 5. The van der Waals surface area contributed by atoms with Gasteiger partial charge in [0, 0.05) is 12.8 Å². The minimum atomic E-state index is -1.57. The molecule has 6 N–H and O–H groups in total. The SMILES string of the molecule is CCCCCCCC/C=C\CCCCCCCCCCCC(=O)OCCCCCCCCCCCCCCCCCCCC/C=C\CCCCCCCCCCCCCCCCCCCC(=O)NC(COC1OC(CO)C(O)C(O)C1O)C(O)/C=C/CCCCCCCCCC. The number of unbranched alkanes of at least 4 members (excludes halogenated alkanes) is 58. The Bertz CT molecular complexity index is 1690. The summed E-state index contributed by atoms with van der Waals surface area (Å²) in [6.45, 7) is 4.38. The molecule has 1 heterocycles. The largest absolute Gasteiger partial charge is 0.466 e. The van der Waals surface area contributed by atoms with Crippen molar-refractivity contribution in [3.05, 3.63) is 36.5 Å². The molecule has 11 nitrogen and oxygen atoms in total. The molecule has 1 aliphatic rings. The first-order valence-electron chi connectivity index (χ1n) is 42.3. The number of carbonyl (C=O) groups is 2. The van der Waals surface area contributed by atoms with Crippen molar-refractivity contribution < 1.29 is 49.3 Å². The molecule has 0 radical (unpaired) electrons. The number of nitrogens with one attached hydrogen (secondary N) is 1. The van der Waals surface area contributed by atoms with E-state index in [0.717, 1.165) is 51.4 Å². The maximum atomic E-state index is 13.1. The highest BCUT2D eigenvalue weighted by molar-refractivity contribution is 5.76. The van der Waals surface area contributed by atoms with E-state index in [1.807, 2.05) is 6.08 Å². The minimum absolute atomic E-state index is 0.0171. The van der Waals surface area contributed by atoms with Crippen LogP contribution in [0.4, 0.5) is 0 Å². The van der Waals surface area contributed by atoms with E-state index in [1.165, 1.54) is 353 Å². The molecule has 0 aromatic heterocycles. The molecule has 0 bridgehead atoms. The van der Waals surface area contributed by atoms with Crippen molar-refractivity contribution in [2.75, 3.05) is 19.8 Å². The van der Waals surface area contributed by atoms with Gasteiger partial charge in [-0.15, -0.1) is 0 Å². The number of hydrogen-bond acceptors (Lipinski definition) is 10. The Labute approximate surface area is 594 Å². The predicted octanol–water partition coefficient (Wildman–Crippen LogP) is 23.3. The first kappa shape index (κ1) is 91.9. The summed E-state index contributed by atoms with van der Waals surface area (Å²) in [6.07, 6.45) is 87.9. The summed E-state index contributed by atoms with van der Waals surface area (Å²) in [5, 5.41) is 54.4. The number of ether oxygens (including phenoxy) is 3. The molecule has 11 heteroatoms. The Kier molecular flexibility index (Phi) is 70.9. The van der Waals surface area contributed by atoms with E-state index < -0.39 is 49.5 Å². The molecule has 0 aliphatic carbocycles. The summed E-state index contributed by atoms with van der Waals surface area (Å²) >= 11 is 0. The van der Waals surface area contributed by atoms with Crippen molar-refractivity contribution in [1.82, 2.24) is 5.32 Å². The van der Waals surface area contributed by atoms with Gasteiger partial charge in [0.2, 0.25) is 5.91 Å². The number of allylic oxidation sites excluding steroid dienone is 5. The summed E-state index contributed by atoms with van der Waals surface area (Å²) in [5.41, 5.74) is 0. The van der Waals surface area contributed by atoms with Crippen molar-refractivity contribution in [3.8, 4) is 0 Å². The van der Waals surface area contributed by atoms with Gasteiger partial charge in [-0.05, 0) is 83.5 Å². The third-order valence-corrected chi connectivity index (χ3v) is 20.2. The van der Waals surface area contributed by atoms with E-state index >= 15 is 0 Å². The van der Waals surface area contributed by atoms with Crippen molar-refractivity contribution in [3.63, 3.8) is 0 Å². The molecule has 0 saturated carbocycles. The molecular formula is C85H161NO10. The molecule has 1 saturated heterocycles. The van der Waals surface area contributed by atoms with Crippen molar-refractivity contribution in [2.24, 2.45) is 0 Å². The van der Waals surface area contributed by atoms with Gasteiger partial charge in [-0.2, -0.15) is 0 Å². The van der Waals surface area contributed by atoms with Gasteiger partial charge in [0.25, 0.3) is 0 Å². The van der Waals surface area contributed by atoms with Crippen LogP contribution in [0, 0.1) is 0 Å². The zero-order chi connectivity index (χ0) is 69.4. The molecule has 0 aromatic rings. The van der Waals surface area contributed by atoms with Crippen LogP contribution in [0.15, 0.2) is 36.5 Å². The van der Waals surface area contributed by atoms with Crippen molar-refractivity contribution in [1.29, 1.82) is 0 Å². The van der Waals surface area contributed by atoms with Crippen LogP contribution in [0.2, 0.25) is 0 Å². The van der Waals surface area contributed by atoms with Crippen LogP contribution in [0.25, 0.3) is 0 Å². The predicted molar refractivity (Wildman–Crippen MR) is 407 cm³/mol. The second-order valence-electron chi connectivity index (χ2n) is 29.5. The van der Waals surface area contributed by atoms with E-state index in [2.05, 4.69) is 43.5 Å². The summed E-state index contributed by atoms with van der Waals surface area (Å²) < 4.78 is 16.8. The second-order valence-corrected chi connectivity index (χ2v) is 29.5. The van der Waals surface area contributed by atoms with Gasteiger partial charge < -0.3 is 45.1 Å². The lowest BCUT2D eigenvalue weighted by molar-refractivity contribution is -0.302. The van der Waals surface area contributed by atoms with Crippen LogP contribution in [0.3, 0.4) is 0 Å². The zero-order valence-electron chi connectivity index (χ0n) is 63.4. The highest BCUT2D eigenvalue weighted by Crippen LogP contribution is 2.24. The highest BCUT2D eigenvalue weighted by atomic mass is 16.7. The Morgan fingerprint density at radius 2 is 0.667 bits per heavy atom. The lowest BCUT2D eigenvalue weighted by atomic mass is 9.99. The minimum Gasteiger partial charge on any atom is -0.466 e. The van der Waals surface area contributed by atoms with Crippen LogP contribution in [0.5, 0.6) is 0 Å².